The van der Waals surface area contributed by atoms with Crippen molar-refractivity contribution >= 4 is 40.2 Å². The number of amides is 2. The van der Waals surface area contributed by atoms with Crippen LogP contribution in [0.25, 0.3) is 0 Å². The lowest BCUT2D eigenvalue weighted by atomic mass is 9.93. The van der Waals surface area contributed by atoms with E-state index in [-0.39, 0.29) is 48.1 Å². The topological polar surface area (TPSA) is 84.7 Å². The minimum atomic E-state index is -4.78. The maximum atomic E-state index is 13.9. The third-order valence-electron chi connectivity index (χ3n) is 7.81. The molecule has 5 rings (SSSR count). The number of halogens is 5. The number of rotatable bonds is 7. The van der Waals surface area contributed by atoms with Crippen molar-refractivity contribution in [3.05, 3.63) is 64.1 Å². The van der Waals surface area contributed by atoms with Gasteiger partial charge in [-0.25, -0.2) is 0 Å². The Hall–Kier alpha value is -2.30. The summed E-state index contributed by atoms with van der Waals surface area (Å²) in [6.45, 7) is 0. The highest BCUT2D eigenvalue weighted by atomic mass is 79.9. The molecule has 38 heavy (non-hydrogen) atoms. The number of piperidine rings is 1. The van der Waals surface area contributed by atoms with Crippen molar-refractivity contribution in [1.82, 2.24) is 10.2 Å². The van der Waals surface area contributed by atoms with Gasteiger partial charge in [0.2, 0.25) is 11.8 Å². The molecule has 4 atom stereocenters. The average molecular weight is 617 g/mol. The molecule has 11 heteroatoms. The van der Waals surface area contributed by atoms with E-state index in [0.29, 0.717) is 24.8 Å². The van der Waals surface area contributed by atoms with Crippen LogP contribution in [0.1, 0.15) is 49.7 Å². The third-order valence-corrected chi connectivity index (χ3v) is 8.33. The number of ether oxygens (including phenoxy) is 1. The Morgan fingerprint density at radius 2 is 1.63 bits per heavy atom. The zero-order valence-electron chi connectivity index (χ0n) is 20.5. The van der Waals surface area contributed by atoms with E-state index in [0.717, 1.165) is 35.7 Å². The summed E-state index contributed by atoms with van der Waals surface area (Å²) in [7, 11) is 0. The molecule has 2 aromatic carbocycles. The van der Waals surface area contributed by atoms with Gasteiger partial charge in [0.05, 0.1) is 5.41 Å². The van der Waals surface area contributed by atoms with Crippen molar-refractivity contribution in [2.45, 2.75) is 80.9 Å². The molecule has 206 valence electrons. The molecule has 6 nitrogen and oxygen atoms in total. The molecule has 2 bridgehead atoms. The molecule has 2 aromatic rings. The third kappa shape index (κ3) is 6.13. The van der Waals surface area contributed by atoms with Crippen molar-refractivity contribution in [3.63, 3.8) is 0 Å². The van der Waals surface area contributed by atoms with Gasteiger partial charge in [-0.3, -0.25) is 9.59 Å². The average Bonchev–Trinajstić information content (AvgIpc) is 3.60. The van der Waals surface area contributed by atoms with Crippen LogP contribution < -0.4 is 15.8 Å². The molecule has 0 aromatic heterocycles. The van der Waals surface area contributed by atoms with E-state index in [1.54, 1.807) is 0 Å². The van der Waals surface area contributed by atoms with Gasteiger partial charge in [-0.15, -0.1) is 25.6 Å². The lowest BCUT2D eigenvalue weighted by Crippen LogP contribution is -2.58. The first-order valence-electron chi connectivity index (χ1n) is 12.5. The molecule has 3 aliphatic rings. The zero-order valence-corrected chi connectivity index (χ0v) is 22.9. The normalized spacial score (nSPS) is 24.2. The first kappa shape index (κ1) is 28.7. The van der Waals surface area contributed by atoms with Gasteiger partial charge in [-0.2, -0.15) is 0 Å². The minimum absolute atomic E-state index is 0. The van der Waals surface area contributed by atoms with Gasteiger partial charge in [0.15, 0.2) is 0 Å². The Morgan fingerprint density at radius 3 is 2.16 bits per heavy atom. The summed E-state index contributed by atoms with van der Waals surface area (Å²) < 4.78 is 42.5. The van der Waals surface area contributed by atoms with Crippen LogP contribution in [0.4, 0.5) is 13.2 Å². The molecular weight excluding hydrogens is 587 g/mol. The summed E-state index contributed by atoms with van der Waals surface area (Å²) in [6.07, 6.45) is 0.0269. The fraction of sp³-hybridized carbons (Fsp3) is 0.481. The van der Waals surface area contributed by atoms with Gasteiger partial charge in [0.1, 0.15) is 11.8 Å². The van der Waals surface area contributed by atoms with Crippen LogP contribution in [-0.2, 0) is 21.4 Å². The predicted molar refractivity (Wildman–Crippen MR) is 142 cm³/mol. The number of nitrogens with one attached hydrogen (secondary N) is 1. The molecule has 0 radical (unpaired) electrons. The zero-order chi connectivity index (χ0) is 26.4. The second-order valence-corrected chi connectivity index (χ2v) is 11.3. The Balaban J connectivity index is 0.00000336. The number of nitrogens with zero attached hydrogens (tertiary/aromatic N) is 1. The second kappa shape index (κ2) is 11.1. The number of fused-ring (bicyclic) bond motifs is 2. The number of alkyl halides is 3. The molecule has 2 amide bonds. The summed E-state index contributed by atoms with van der Waals surface area (Å²) in [5, 5.41) is 3.03. The van der Waals surface area contributed by atoms with E-state index in [4.69, 9.17) is 5.73 Å². The van der Waals surface area contributed by atoms with Crippen molar-refractivity contribution in [2.75, 3.05) is 0 Å². The van der Waals surface area contributed by atoms with E-state index in [2.05, 4.69) is 26.0 Å². The van der Waals surface area contributed by atoms with Crippen LogP contribution in [-0.4, -0.2) is 47.2 Å². The van der Waals surface area contributed by atoms with E-state index >= 15 is 0 Å². The van der Waals surface area contributed by atoms with Crippen molar-refractivity contribution in [1.29, 1.82) is 0 Å². The molecular formula is C27H30BrClF3N3O3. The van der Waals surface area contributed by atoms with Crippen LogP contribution in [0.5, 0.6) is 5.75 Å². The summed E-state index contributed by atoms with van der Waals surface area (Å²) >= 11 is 3.43. The Bertz CT molecular complexity index is 1140. The van der Waals surface area contributed by atoms with Gasteiger partial charge in [0.25, 0.3) is 0 Å². The number of carbonyl (C=O) groups is 2. The first-order valence-corrected chi connectivity index (χ1v) is 13.3. The van der Waals surface area contributed by atoms with Crippen LogP contribution >= 0.6 is 28.3 Å². The van der Waals surface area contributed by atoms with E-state index < -0.39 is 17.8 Å². The maximum Gasteiger partial charge on any atom is 0.573 e. The van der Waals surface area contributed by atoms with Gasteiger partial charge in [-0.05, 0) is 73.9 Å². The van der Waals surface area contributed by atoms with Crippen LogP contribution in [0.15, 0.2) is 53.0 Å². The SMILES string of the molecule is Cl.NC1C[C@H]2CC[C@@H](C1)N2C(=O)[C@H](Cc1ccc(Br)cc1)NC(=O)C1(c2ccc(OC(F)(F)F)cc2)CC1. The molecule has 3 fully saturated rings. The standard InChI is InChI=1S/C27H29BrF3N3O3.ClH/c28-18-5-1-16(2-6-18)13-23(24(35)34-20-7-8-21(34)15-19(32)14-20)33-25(36)26(11-12-26)17-3-9-22(10-4-17)37-27(29,30)31;/h1-6,9-10,19-21,23H,7-8,11-15,32H2,(H,33,36);1H/t19?,20-,21+,23-;/m0./s1. The smallest absolute Gasteiger partial charge is 0.406 e. The largest absolute Gasteiger partial charge is 0.573 e. The fourth-order valence-corrected chi connectivity index (χ4v) is 6.12. The summed E-state index contributed by atoms with van der Waals surface area (Å²) in [5.41, 5.74) is 6.87. The van der Waals surface area contributed by atoms with Crippen molar-refractivity contribution < 1.29 is 27.5 Å². The van der Waals surface area contributed by atoms with Crippen LogP contribution in [0.3, 0.4) is 0 Å². The maximum absolute atomic E-state index is 13.9. The summed E-state index contributed by atoms with van der Waals surface area (Å²) in [5.74, 6) is -0.719. The van der Waals surface area contributed by atoms with Gasteiger partial charge >= 0.3 is 6.36 Å². The quantitative estimate of drug-likeness (QED) is 0.458. The number of nitrogens with two attached hydrogens (primary N) is 1. The predicted octanol–water partition coefficient (Wildman–Crippen LogP) is 5.01. The fourth-order valence-electron chi connectivity index (χ4n) is 5.86. The first-order chi connectivity index (χ1) is 17.5. The highest BCUT2D eigenvalue weighted by Gasteiger charge is 2.53. The number of hydrogen-bond acceptors (Lipinski definition) is 4. The van der Waals surface area contributed by atoms with Gasteiger partial charge in [0, 0.05) is 29.0 Å². The number of benzene rings is 2. The van der Waals surface area contributed by atoms with Gasteiger partial charge < -0.3 is 20.7 Å². The Kier molecular flexibility index (Phi) is 8.35. The molecule has 1 aliphatic carbocycles. The molecule has 1 saturated carbocycles. The Labute approximate surface area is 234 Å². The summed E-state index contributed by atoms with van der Waals surface area (Å²) in [4.78, 5) is 29.4. The second-order valence-electron chi connectivity index (χ2n) is 10.4. The van der Waals surface area contributed by atoms with E-state index in [1.165, 1.54) is 24.3 Å². The van der Waals surface area contributed by atoms with Gasteiger partial charge in [-0.1, -0.05) is 40.2 Å². The van der Waals surface area contributed by atoms with Crippen LogP contribution in [0.2, 0.25) is 0 Å². The lowest BCUT2D eigenvalue weighted by molar-refractivity contribution is -0.274. The van der Waals surface area contributed by atoms with E-state index in [9.17, 15) is 22.8 Å². The molecule has 2 saturated heterocycles. The van der Waals surface area contributed by atoms with Crippen molar-refractivity contribution in [2.24, 2.45) is 5.73 Å². The lowest BCUT2D eigenvalue weighted by Gasteiger charge is -2.40. The molecule has 2 aliphatic heterocycles. The molecule has 2 heterocycles. The number of hydrogen-bond donors (Lipinski definition) is 2. The summed E-state index contributed by atoms with van der Waals surface area (Å²) in [6, 6.07) is 12.6. The van der Waals surface area contributed by atoms with E-state index in [1.807, 2.05) is 29.2 Å². The molecule has 1 unspecified atom stereocenters. The highest BCUT2D eigenvalue weighted by molar-refractivity contribution is 9.10. The number of carbonyl (C=O) groups excluding carboxylic acids is 2. The molecule has 3 N–H and O–H groups in total. The highest BCUT2D eigenvalue weighted by Crippen LogP contribution is 2.49. The minimum Gasteiger partial charge on any atom is -0.406 e. The Morgan fingerprint density at radius 1 is 1.05 bits per heavy atom. The molecule has 0 spiro atoms. The van der Waals surface area contributed by atoms with Crippen LogP contribution in [0, 0.1) is 0 Å². The monoisotopic (exact) mass is 615 g/mol. The van der Waals surface area contributed by atoms with Crippen molar-refractivity contribution in [3.8, 4) is 5.75 Å².